The number of halogens is 1. The average molecular weight is 428 g/mol. The van der Waals surface area contributed by atoms with E-state index in [1.54, 1.807) is 28.8 Å². The van der Waals surface area contributed by atoms with E-state index in [9.17, 15) is 9.59 Å². The van der Waals surface area contributed by atoms with E-state index in [1.807, 2.05) is 19.9 Å². The summed E-state index contributed by atoms with van der Waals surface area (Å²) in [5.74, 6) is 0.255. The quantitative estimate of drug-likeness (QED) is 0.231. The Morgan fingerprint density at radius 1 is 1.34 bits per heavy atom. The van der Waals surface area contributed by atoms with Crippen LogP contribution in [0.4, 0.5) is 0 Å². The molecule has 0 saturated heterocycles. The van der Waals surface area contributed by atoms with Crippen LogP contribution in [0.25, 0.3) is 10.9 Å². The third-order valence-electron chi connectivity index (χ3n) is 5.22. The molecule has 1 aliphatic rings. The molecule has 0 spiro atoms. The van der Waals surface area contributed by atoms with Crippen LogP contribution >= 0.6 is 23.4 Å². The fraction of sp³-hybridized carbons (Fsp3) is 0.318. The van der Waals surface area contributed by atoms with E-state index in [1.165, 1.54) is 24.6 Å². The molecular formula is C22H22ClN3O2S. The van der Waals surface area contributed by atoms with E-state index in [2.05, 4.69) is 16.1 Å². The molecule has 0 bridgehead atoms. The van der Waals surface area contributed by atoms with Gasteiger partial charge in [-0.1, -0.05) is 29.4 Å². The summed E-state index contributed by atoms with van der Waals surface area (Å²) in [7, 11) is 0. The molecule has 2 aromatic heterocycles. The number of hydrogen-bond acceptors (Lipinski definition) is 4. The molecule has 4 rings (SSSR count). The van der Waals surface area contributed by atoms with E-state index in [4.69, 9.17) is 11.6 Å². The number of aromatic nitrogens is 3. The van der Waals surface area contributed by atoms with Crippen LogP contribution < -0.4 is 5.56 Å². The maximum absolute atomic E-state index is 12.9. The zero-order chi connectivity index (χ0) is 20.7. The number of carbonyl (C=O) groups excluding carboxylic acids is 1. The summed E-state index contributed by atoms with van der Waals surface area (Å²) in [5, 5.41) is 1.51. The molecule has 0 aliphatic heterocycles. The van der Waals surface area contributed by atoms with Crippen molar-refractivity contribution in [3.63, 3.8) is 0 Å². The minimum Gasteiger partial charge on any atom is -0.345 e. The molecular weight excluding hydrogens is 406 g/mol. The van der Waals surface area contributed by atoms with Gasteiger partial charge in [0.2, 0.25) is 0 Å². The van der Waals surface area contributed by atoms with Crippen molar-refractivity contribution < 1.29 is 4.79 Å². The highest BCUT2D eigenvalue weighted by molar-refractivity contribution is 7.99. The number of rotatable bonds is 7. The molecule has 0 unspecified atom stereocenters. The SMILES string of the molecule is C=CCn1c(SCC(=O)c2cc(C)n(C3CC3)c2C)nc2cc(Cl)ccc2c1=O. The van der Waals surface area contributed by atoms with Crippen LogP contribution in [0.3, 0.4) is 0 Å². The number of carbonyl (C=O) groups is 1. The largest absolute Gasteiger partial charge is 0.345 e. The number of hydrogen-bond donors (Lipinski definition) is 0. The third-order valence-corrected chi connectivity index (χ3v) is 6.43. The Morgan fingerprint density at radius 3 is 2.79 bits per heavy atom. The van der Waals surface area contributed by atoms with Crippen LogP contribution in [0.15, 0.2) is 46.9 Å². The summed E-state index contributed by atoms with van der Waals surface area (Å²) in [6.45, 7) is 8.12. The van der Waals surface area contributed by atoms with Crippen LogP contribution in [0, 0.1) is 13.8 Å². The van der Waals surface area contributed by atoms with Crippen molar-refractivity contribution >= 4 is 40.0 Å². The van der Waals surface area contributed by atoms with Gasteiger partial charge in [0.15, 0.2) is 10.9 Å². The molecule has 1 aliphatic carbocycles. The van der Waals surface area contributed by atoms with Gasteiger partial charge in [-0.05, 0) is 51.0 Å². The second kappa shape index (κ2) is 7.84. The zero-order valence-electron chi connectivity index (χ0n) is 16.4. The highest BCUT2D eigenvalue weighted by atomic mass is 35.5. The highest BCUT2D eigenvalue weighted by Gasteiger charge is 2.28. The van der Waals surface area contributed by atoms with Crippen molar-refractivity contribution in [1.82, 2.24) is 14.1 Å². The fourth-order valence-corrected chi connectivity index (χ4v) is 4.79. The summed E-state index contributed by atoms with van der Waals surface area (Å²) in [6, 6.07) is 7.54. The predicted octanol–water partition coefficient (Wildman–Crippen LogP) is 4.96. The van der Waals surface area contributed by atoms with Crippen LogP contribution in [-0.2, 0) is 6.54 Å². The molecule has 0 N–H and O–H groups in total. The van der Waals surface area contributed by atoms with Gasteiger partial charge in [0.1, 0.15) is 0 Å². The smallest absolute Gasteiger partial charge is 0.262 e. The molecule has 2 heterocycles. The van der Waals surface area contributed by atoms with E-state index in [0.717, 1.165) is 17.0 Å². The van der Waals surface area contributed by atoms with Crippen LogP contribution in [0.5, 0.6) is 0 Å². The summed E-state index contributed by atoms with van der Waals surface area (Å²) in [6.07, 6.45) is 4.01. The van der Waals surface area contributed by atoms with E-state index < -0.39 is 0 Å². The normalized spacial score (nSPS) is 13.8. The lowest BCUT2D eigenvalue weighted by atomic mass is 10.2. The first kappa shape index (κ1) is 20.0. The van der Waals surface area contributed by atoms with Gasteiger partial charge in [0.05, 0.1) is 16.7 Å². The lowest BCUT2D eigenvalue weighted by molar-refractivity contribution is 0.102. The second-order valence-electron chi connectivity index (χ2n) is 7.36. The number of allylic oxidation sites excluding steroid dienone is 1. The Kier molecular flexibility index (Phi) is 5.40. The van der Waals surface area contributed by atoms with E-state index in [-0.39, 0.29) is 17.1 Å². The summed E-state index contributed by atoms with van der Waals surface area (Å²) >= 11 is 7.34. The van der Waals surface area contributed by atoms with E-state index >= 15 is 0 Å². The minimum atomic E-state index is -0.159. The summed E-state index contributed by atoms with van der Waals surface area (Å²) in [5.41, 5.74) is 3.28. The third kappa shape index (κ3) is 3.79. The molecule has 7 heteroatoms. The highest BCUT2D eigenvalue weighted by Crippen LogP contribution is 2.38. The molecule has 29 heavy (non-hydrogen) atoms. The van der Waals surface area contributed by atoms with Crippen molar-refractivity contribution in [2.24, 2.45) is 0 Å². The van der Waals surface area contributed by atoms with Crippen molar-refractivity contribution in [3.8, 4) is 0 Å². The molecule has 0 radical (unpaired) electrons. The molecule has 5 nitrogen and oxygen atoms in total. The number of aryl methyl sites for hydroxylation is 1. The molecule has 1 saturated carbocycles. The summed E-state index contributed by atoms with van der Waals surface area (Å²) in [4.78, 5) is 30.4. The first-order chi connectivity index (χ1) is 13.9. The Morgan fingerprint density at radius 2 is 2.10 bits per heavy atom. The Balaban J connectivity index is 1.64. The van der Waals surface area contributed by atoms with Crippen LogP contribution in [-0.4, -0.2) is 25.7 Å². The number of ketones is 1. The monoisotopic (exact) mass is 427 g/mol. The van der Waals surface area contributed by atoms with E-state index in [0.29, 0.717) is 33.7 Å². The van der Waals surface area contributed by atoms with Gasteiger partial charge in [-0.2, -0.15) is 0 Å². The first-order valence-corrected chi connectivity index (χ1v) is 10.9. The van der Waals surface area contributed by atoms with Gasteiger partial charge >= 0.3 is 0 Å². The van der Waals surface area contributed by atoms with Gasteiger partial charge < -0.3 is 4.57 Å². The lowest BCUT2D eigenvalue weighted by Crippen LogP contribution is -2.23. The van der Waals surface area contributed by atoms with Gasteiger partial charge in [-0.3, -0.25) is 14.2 Å². The topological polar surface area (TPSA) is 56.9 Å². The Labute approximate surface area is 178 Å². The predicted molar refractivity (Wildman–Crippen MR) is 118 cm³/mol. The van der Waals surface area contributed by atoms with Gasteiger partial charge in [-0.15, -0.1) is 6.58 Å². The first-order valence-electron chi connectivity index (χ1n) is 9.56. The molecule has 0 atom stereocenters. The zero-order valence-corrected chi connectivity index (χ0v) is 18.0. The molecule has 3 aromatic rings. The molecule has 1 aromatic carbocycles. The standard InChI is InChI=1S/C22H22ClN3O2S/c1-4-9-25-21(28)17-8-5-15(23)11-19(17)24-22(25)29-12-20(27)18-10-13(2)26(14(18)3)16-6-7-16/h4-5,8,10-11,16H,1,6-7,9,12H2,2-3H3. The van der Waals surface area contributed by atoms with Crippen molar-refractivity contribution in [3.05, 3.63) is 69.2 Å². The Bertz CT molecular complexity index is 1190. The van der Waals surface area contributed by atoms with Gasteiger partial charge in [-0.25, -0.2) is 4.98 Å². The van der Waals surface area contributed by atoms with Gasteiger partial charge in [0, 0.05) is 34.6 Å². The van der Waals surface area contributed by atoms with Gasteiger partial charge in [0.25, 0.3) is 5.56 Å². The average Bonchev–Trinajstić information content (AvgIpc) is 3.47. The van der Waals surface area contributed by atoms with Crippen LogP contribution in [0.2, 0.25) is 5.02 Å². The maximum atomic E-state index is 12.9. The molecule has 1 fully saturated rings. The van der Waals surface area contributed by atoms with Crippen molar-refractivity contribution in [2.75, 3.05) is 5.75 Å². The lowest BCUT2D eigenvalue weighted by Gasteiger charge is -2.11. The number of nitrogens with zero attached hydrogens (tertiary/aromatic N) is 3. The number of benzene rings is 1. The summed E-state index contributed by atoms with van der Waals surface area (Å²) < 4.78 is 3.82. The molecule has 0 amide bonds. The number of Topliss-reactive ketones (excluding diaryl/α,β-unsaturated/α-hetero) is 1. The number of fused-ring (bicyclic) bond motifs is 1. The maximum Gasteiger partial charge on any atom is 0.262 e. The number of thioether (sulfide) groups is 1. The van der Waals surface area contributed by atoms with Crippen molar-refractivity contribution in [2.45, 2.75) is 44.4 Å². The molecule has 150 valence electrons. The fourth-order valence-electron chi connectivity index (χ4n) is 3.74. The second-order valence-corrected chi connectivity index (χ2v) is 8.74. The van der Waals surface area contributed by atoms with Crippen LogP contribution in [0.1, 0.15) is 40.6 Å². The minimum absolute atomic E-state index is 0.0422. The van der Waals surface area contributed by atoms with Crippen molar-refractivity contribution in [1.29, 1.82) is 0 Å². The Hall–Kier alpha value is -2.31.